The van der Waals surface area contributed by atoms with E-state index in [2.05, 4.69) is 10.9 Å². The molecule has 0 saturated carbocycles. The predicted molar refractivity (Wildman–Crippen MR) is 91.0 cm³/mol. The van der Waals surface area contributed by atoms with Crippen molar-refractivity contribution in [3.05, 3.63) is 32.8 Å². The van der Waals surface area contributed by atoms with Crippen molar-refractivity contribution in [2.45, 2.75) is 19.1 Å². The summed E-state index contributed by atoms with van der Waals surface area (Å²) < 4.78 is 5.53. The van der Waals surface area contributed by atoms with Crippen LogP contribution in [0.5, 0.6) is 5.75 Å². The van der Waals surface area contributed by atoms with Crippen molar-refractivity contribution in [2.24, 2.45) is 0 Å². The highest BCUT2D eigenvalue weighted by Crippen LogP contribution is 2.35. The predicted octanol–water partition coefficient (Wildman–Crippen LogP) is 2.70. The molecule has 7 nitrogen and oxygen atoms in total. The third-order valence-electron chi connectivity index (χ3n) is 4.02. The lowest BCUT2D eigenvalue weighted by atomic mass is 9.45. The van der Waals surface area contributed by atoms with Gasteiger partial charge in [0.2, 0.25) is 0 Å². The molecule has 9 heteroatoms. The van der Waals surface area contributed by atoms with Crippen LogP contribution in [0.25, 0.3) is 0 Å². The summed E-state index contributed by atoms with van der Waals surface area (Å²) in [4.78, 5) is 23.5. The number of hydrogen-bond acceptors (Lipinski definition) is 6. The zero-order valence-corrected chi connectivity index (χ0v) is 13.9. The van der Waals surface area contributed by atoms with Gasteiger partial charge in [0.1, 0.15) is 12.0 Å². The van der Waals surface area contributed by atoms with Gasteiger partial charge in [-0.05, 0) is 38.2 Å². The normalized spacial score (nSPS) is 14.9. The third-order valence-corrected chi connectivity index (χ3v) is 4.40. The maximum absolute atomic E-state index is 10.9. The van der Waals surface area contributed by atoms with Crippen LogP contribution in [0.4, 0.5) is 5.69 Å². The molecule has 0 amide bonds. The van der Waals surface area contributed by atoms with E-state index in [0.717, 1.165) is 44.8 Å². The van der Waals surface area contributed by atoms with Crippen LogP contribution < -0.4 is 4.74 Å². The summed E-state index contributed by atoms with van der Waals surface area (Å²) >= 11 is 5.97. The molecule has 0 unspecified atom stereocenters. The van der Waals surface area contributed by atoms with Gasteiger partial charge in [-0.1, -0.05) is 11.6 Å². The van der Waals surface area contributed by atoms with E-state index in [1.165, 1.54) is 6.07 Å². The first-order valence-electron chi connectivity index (χ1n) is 7.73. The fraction of sp³-hybridized carbons (Fsp3) is 0.467. The molecule has 126 valence electrons. The Morgan fingerprint density at radius 3 is 2.75 bits per heavy atom. The number of nitriles is 1. The number of aldehydes is 1. The van der Waals surface area contributed by atoms with Crippen LogP contribution in [0, 0.1) is 21.3 Å². The van der Waals surface area contributed by atoms with Gasteiger partial charge in [0.15, 0.2) is 5.02 Å². The van der Waals surface area contributed by atoms with Gasteiger partial charge in [0.25, 0.3) is 12.4 Å². The lowest BCUT2D eigenvalue weighted by molar-refractivity contribution is -0.384. The maximum atomic E-state index is 10.9. The molecule has 2 rings (SSSR count). The van der Waals surface area contributed by atoms with Gasteiger partial charge in [0.05, 0.1) is 11.5 Å². The van der Waals surface area contributed by atoms with E-state index in [1.807, 2.05) is 0 Å². The van der Waals surface area contributed by atoms with E-state index in [0.29, 0.717) is 12.9 Å². The standard InChI is InChI=1S/C15H17BClN3O4/c17-15-13(20(22)23)8-12(10-21)9-14(15)24-7-1-4-19-5-2-16(11-18)3-6-19/h8-10H,1-7H2. The smallest absolute Gasteiger partial charge is 0.292 e. The Morgan fingerprint density at radius 2 is 2.17 bits per heavy atom. The fourth-order valence-corrected chi connectivity index (χ4v) is 2.90. The quantitative estimate of drug-likeness (QED) is 0.247. The Morgan fingerprint density at radius 1 is 1.46 bits per heavy atom. The average molecular weight is 350 g/mol. The molecule has 24 heavy (non-hydrogen) atoms. The lowest BCUT2D eigenvalue weighted by Crippen LogP contribution is -2.37. The second kappa shape index (κ2) is 8.66. The molecular weight excluding hydrogens is 332 g/mol. The minimum atomic E-state index is -0.637. The van der Waals surface area contributed by atoms with Crippen LogP contribution in [-0.2, 0) is 0 Å². The molecule has 1 aliphatic heterocycles. The maximum Gasteiger partial charge on any atom is 0.292 e. The van der Waals surface area contributed by atoms with Gasteiger partial charge in [-0.15, -0.1) is 0 Å². The second-order valence-electron chi connectivity index (χ2n) is 5.67. The summed E-state index contributed by atoms with van der Waals surface area (Å²) in [5.41, 5.74) is -0.186. The second-order valence-corrected chi connectivity index (χ2v) is 6.05. The Kier molecular flexibility index (Phi) is 6.58. The zero-order chi connectivity index (χ0) is 17.5. The molecule has 0 aromatic heterocycles. The van der Waals surface area contributed by atoms with E-state index < -0.39 is 4.92 Å². The van der Waals surface area contributed by atoms with Gasteiger partial charge in [-0.25, -0.2) is 5.26 Å². The van der Waals surface area contributed by atoms with Crippen molar-refractivity contribution in [1.29, 1.82) is 5.26 Å². The first-order valence-corrected chi connectivity index (χ1v) is 8.11. The number of hydrogen-bond donors (Lipinski definition) is 0. The van der Waals surface area contributed by atoms with E-state index in [9.17, 15) is 14.9 Å². The van der Waals surface area contributed by atoms with E-state index in [4.69, 9.17) is 21.6 Å². The fourth-order valence-electron chi connectivity index (χ4n) is 2.67. The van der Waals surface area contributed by atoms with Crippen LogP contribution in [0.15, 0.2) is 12.1 Å². The number of carbonyl (C=O) groups is 1. The number of ether oxygens (including phenoxy) is 1. The summed E-state index contributed by atoms with van der Waals surface area (Å²) in [6, 6.07) is 2.53. The van der Waals surface area contributed by atoms with E-state index in [1.54, 1.807) is 0 Å². The summed E-state index contributed by atoms with van der Waals surface area (Å²) in [6.45, 7) is 3.11. The molecule has 1 aromatic rings. The molecule has 1 aromatic carbocycles. The molecule has 1 heterocycles. The van der Waals surface area contributed by atoms with Crippen molar-refractivity contribution >= 4 is 30.3 Å². The van der Waals surface area contributed by atoms with Crippen molar-refractivity contribution in [3.63, 3.8) is 0 Å². The Hall–Kier alpha value is -2.11. The Balaban J connectivity index is 1.86. The summed E-state index contributed by atoms with van der Waals surface area (Å²) in [5.74, 6) is 2.44. The molecule has 0 radical (unpaired) electrons. The van der Waals surface area contributed by atoms with Crippen molar-refractivity contribution in [3.8, 4) is 11.7 Å². The summed E-state index contributed by atoms with van der Waals surface area (Å²) in [6.07, 6.45) is 3.02. The molecular formula is C15H17BClN3O4. The topological polar surface area (TPSA) is 96.5 Å². The van der Waals surface area contributed by atoms with Crippen LogP contribution in [0.2, 0.25) is 17.7 Å². The summed E-state index contributed by atoms with van der Waals surface area (Å²) in [7, 11) is 0. The SMILES string of the molecule is N#CB1CCN(CCCOc2cc(C=O)cc([N+](=O)[O-])c2Cl)CC1. The van der Waals surface area contributed by atoms with Crippen LogP contribution in [0.1, 0.15) is 16.8 Å². The Bertz CT molecular complexity index is 657. The van der Waals surface area contributed by atoms with Gasteiger partial charge < -0.3 is 9.64 Å². The first-order chi connectivity index (χ1) is 11.5. The number of halogens is 1. The highest BCUT2D eigenvalue weighted by atomic mass is 35.5. The molecule has 0 atom stereocenters. The molecule has 0 N–H and O–H groups in total. The largest absolute Gasteiger partial charge is 0.492 e. The summed E-state index contributed by atoms with van der Waals surface area (Å²) in [5, 5.41) is 19.7. The third kappa shape index (κ3) is 4.70. The lowest BCUT2D eigenvalue weighted by Gasteiger charge is -2.27. The zero-order valence-electron chi connectivity index (χ0n) is 13.1. The molecule has 0 bridgehead atoms. The Labute approximate surface area is 145 Å². The van der Waals surface area contributed by atoms with Crippen molar-refractivity contribution in [1.82, 2.24) is 4.90 Å². The van der Waals surface area contributed by atoms with Crippen LogP contribution in [-0.4, -0.2) is 49.1 Å². The van der Waals surface area contributed by atoms with Crippen LogP contribution in [0.3, 0.4) is 0 Å². The first kappa shape index (κ1) is 18.2. The van der Waals surface area contributed by atoms with Crippen molar-refractivity contribution < 1.29 is 14.5 Å². The van der Waals surface area contributed by atoms with Crippen molar-refractivity contribution in [2.75, 3.05) is 26.2 Å². The van der Waals surface area contributed by atoms with Crippen LogP contribution >= 0.6 is 11.6 Å². The van der Waals surface area contributed by atoms with E-state index in [-0.39, 0.29) is 28.7 Å². The number of nitro groups is 1. The number of carbonyl (C=O) groups excluding carboxylic acids is 1. The minimum absolute atomic E-state index is 0.0968. The molecule has 1 saturated heterocycles. The van der Waals surface area contributed by atoms with Gasteiger partial charge in [-0.2, -0.15) is 0 Å². The monoisotopic (exact) mass is 349 g/mol. The number of nitro benzene ring substituents is 1. The van der Waals surface area contributed by atoms with Gasteiger partial charge >= 0.3 is 0 Å². The van der Waals surface area contributed by atoms with E-state index >= 15 is 0 Å². The number of benzene rings is 1. The minimum Gasteiger partial charge on any atom is -0.492 e. The number of rotatable bonds is 7. The molecule has 0 spiro atoms. The molecule has 1 fully saturated rings. The molecule has 1 aliphatic rings. The number of nitrogens with zero attached hydrogens (tertiary/aromatic N) is 3. The average Bonchev–Trinajstić information content (AvgIpc) is 2.60. The highest BCUT2D eigenvalue weighted by Gasteiger charge is 2.22. The highest BCUT2D eigenvalue weighted by molar-refractivity contribution is 6.67. The molecule has 0 aliphatic carbocycles. The van der Waals surface area contributed by atoms with Gasteiger partial charge in [0, 0.05) is 24.1 Å². The van der Waals surface area contributed by atoms with Gasteiger partial charge in [-0.3, -0.25) is 14.9 Å².